The minimum Gasteiger partial charge on any atom is -0.507 e. The van der Waals surface area contributed by atoms with Gasteiger partial charge in [-0.05, 0) is 42.5 Å². The first-order chi connectivity index (χ1) is 14.0. The average molecular weight is 406 g/mol. The van der Waals surface area contributed by atoms with Gasteiger partial charge in [0.05, 0.1) is 12.2 Å². The summed E-state index contributed by atoms with van der Waals surface area (Å²) in [4.78, 5) is 11.2. The second-order valence-corrected chi connectivity index (χ2v) is 6.10. The zero-order chi connectivity index (χ0) is 21.1. The smallest absolute Gasteiger partial charge is 0.252 e. The van der Waals surface area contributed by atoms with Gasteiger partial charge in [0.25, 0.3) is 5.91 Å². The number of ether oxygens (including phenoxy) is 3. The molecule has 0 saturated carbocycles. The number of aromatic hydroxyl groups is 1. The van der Waals surface area contributed by atoms with E-state index in [2.05, 4.69) is 5.32 Å². The summed E-state index contributed by atoms with van der Waals surface area (Å²) in [6.07, 6.45) is -0.713. The van der Waals surface area contributed by atoms with Crippen molar-refractivity contribution in [3.8, 4) is 23.0 Å². The molecule has 2 aromatic rings. The molecule has 0 spiro atoms. The molecule has 0 aliphatic carbocycles. The van der Waals surface area contributed by atoms with E-state index in [-0.39, 0.29) is 31.1 Å². The number of carbonyl (C=O) groups excluding carboxylic acids is 1. The van der Waals surface area contributed by atoms with Crippen molar-refractivity contribution in [2.24, 2.45) is 5.73 Å². The van der Waals surface area contributed by atoms with Crippen LogP contribution in [0.1, 0.15) is 10.4 Å². The van der Waals surface area contributed by atoms with E-state index >= 15 is 0 Å². The number of hydrogen-bond acceptors (Lipinski definition) is 8. The molecule has 0 aromatic heterocycles. The molecule has 0 aliphatic rings. The number of aliphatic hydroxyl groups excluding tert-OH is 2. The van der Waals surface area contributed by atoms with Gasteiger partial charge in [0.1, 0.15) is 48.9 Å². The lowest BCUT2D eigenvalue weighted by Gasteiger charge is -2.14. The predicted octanol–water partition coefficient (Wildman–Crippen LogP) is 0.271. The molecule has 6 N–H and O–H groups in total. The van der Waals surface area contributed by atoms with Crippen LogP contribution >= 0.6 is 0 Å². The van der Waals surface area contributed by atoms with E-state index in [0.29, 0.717) is 36.9 Å². The van der Waals surface area contributed by atoms with Gasteiger partial charge in [0.15, 0.2) is 0 Å². The molecular weight excluding hydrogens is 380 g/mol. The lowest BCUT2D eigenvalue weighted by molar-refractivity contribution is 0.0996. The molecule has 9 nitrogen and oxygen atoms in total. The maximum absolute atomic E-state index is 11.2. The van der Waals surface area contributed by atoms with Crippen molar-refractivity contribution >= 4 is 5.91 Å². The Hall–Kier alpha value is -3.01. The average Bonchev–Trinajstić information content (AvgIpc) is 2.72. The summed E-state index contributed by atoms with van der Waals surface area (Å²) in [5.74, 6) is 0.708. The van der Waals surface area contributed by atoms with Crippen molar-refractivity contribution in [3.05, 3.63) is 48.0 Å². The number of rotatable bonds is 13. The molecule has 0 fully saturated rings. The van der Waals surface area contributed by atoms with Gasteiger partial charge in [-0.2, -0.15) is 0 Å². The van der Waals surface area contributed by atoms with Crippen LogP contribution in [0, 0.1) is 0 Å². The van der Waals surface area contributed by atoms with E-state index in [1.54, 1.807) is 24.3 Å². The first kappa shape index (κ1) is 22.3. The van der Waals surface area contributed by atoms with Gasteiger partial charge in [0, 0.05) is 13.1 Å². The second kappa shape index (κ2) is 11.7. The molecule has 0 aliphatic heterocycles. The lowest BCUT2D eigenvalue weighted by Crippen LogP contribution is -2.33. The zero-order valence-electron chi connectivity index (χ0n) is 15.9. The van der Waals surface area contributed by atoms with Crippen LogP contribution < -0.4 is 25.3 Å². The normalized spacial score (nSPS) is 11.7. The Labute approximate surface area is 168 Å². The summed E-state index contributed by atoms with van der Waals surface area (Å²) in [5, 5.41) is 31.2. The van der Waals surface area contributed by atoms with Gasteiger partial charge >= 0.3 is 0 Å². The predicted molar refractivity (Wildman–Crippen MR) is 106 cm³/mol. The van der Waals surface area contributed by atoms with Gasteiger partial charge in [0.2, 0.25) is 0 Å². The van der Waals surface area contributed by atoms with Crippen molar-refractivity contribution < 1.29 is 34.3 Å². The van der Waals surface area contributed by atoms with Gasteiger partial charge < -0.3 is 40.6 Å². The van der Waals surface area contributed by atoms with Gasteiger partial charge in [-0.15, -0.1) is 0 Å². The third kappa shape index (κ3) is 7.86. The quantitative estimate of drug-likeness (QED) is 0.298. The number of amides is 1. The summed E-state index contributed by atoms with van der Waals surface area (Å²) in [5.41, 5.74) is 5.16. The van der Waals surface area contributed by atoms with E-state index in [4.69, 9.17) is 25.1 Å². The van der Waals surface area contributed by atoms with Gasteiger partial charge in [-0.1, -0.05) is 0 Å². The fourth-order valence-electron chi connectivity index (χ4n) is 2.36. The first-order valence-electron chi connectivity index (χ1n) is 9.10. The maximum atomic E-state index is 11.2. The monoisotopic (exact) mass is 406 g/mol. The summed E-state index contributed by atoms with van der Waals surface area (Å²) < 4.78 is 16.2. The molecule has 1 unspecified atom stereocenters. The minimum atomic E-state index is -0.735. The third-order valence-corrected chi connectivity index (χ3v) is 3.79. The van der Waals surface area contributed by atoms with Crippen molar-refractivity contribution in [3.63, 3.8) is 0 Å². The Morgan fingerprint density at radius 1 is 1.00 bits per heavy atom. The fraction of sp³-hybridized carbons (Fsp3) is 0.350. The molecule has 29 heavy (non-hydrogen) atoms. The van der Waals surface area contributed by atoms with Crippen molar-refractivity contribution in [2.75, 3.05) is 39.5 Å². The molecular formula is C20H26N2O7. The number of primary amides is 1. The number of nitrogens with one attached hydrogen (secondary N) is 1. The summed E-state index contributed by atoms with van der Waals surface area (Å²) >= 11 is 0. The SMILES string of the molecule is NC(=O)c1cc(OCCNCC(O)COc2ccc(OCCO)cc2)ccc1O. The topological polar surface area (TPSA) is 144 Å². The number of carbonyl (C=O) groups is 1. The lowest BCUT2D eigenvalue weighted by atomic mass is 10.2. The number of nitrogens with two attached hydrogens (primary N) is 1. The molecule has 2 rings (SSSR count). The first-order valence-corrected chi connectivity index (χ1v) is 9.10. The second-order valence-electron chi connectivity index (χ2n) is 6.10. The standard InChI is InChI=1S/C20H26N2O7/c21-20(26)18-11-17(5-6-19(18)25)27-9-7-22-12-14(24)13-29-16-3-1-15(2-4-16)28-10-8-23/h1-6,11,14,22-25H,7-10,12-13H2,(H2,21,26). The number of aliphatic hydroxyl groups is 2. The number of hydrogen-bond donors (Lipinski definition) is 5. The highest BCUT2D eigenvalue weighted by atomic mass is 16.5. The van der Waals surface area contributed by atoms with E-state index in [9.17, 15) is 15.0 Å². The van der Waals surface area contributed by atoms with Crippen molar-refractivity contribution in [1.29, 1.82) is 0 Å². The fourth-order valence-corrected chi connectivity index (χ4v) is 2.36. The third-order valence-electron chi connectivity index (χ3n) is 3.79. The van der Waals surface area contributed by atoms with Crippen LogP contribution in [0.3, 0.4) is 0 Å². The molecule has 0 saturated heterocycles. The Bertz CT molecular complexity index is 768. The largest absolute Gasteiger partial charge is 0.507 e. The molecule has 0 heterocycles. The van der Waals surface area contributed by atoms with E-state index in [1.165, 1.54) is 18.2 Å². The summed E-state index contributed by atoms with van der Waals surface area (Å²) in [7, 11) is 0. The van der Waals surface area contributed by atoms with E-state index < -0.39 is 12.0 Å². The number of phenols is 1. The van der Waals surface area contributed by atoms with Crippen molar-refractivity contribution in [2.45, 2.75) is 6.10 Å². The van der Waals surface area contributed by atoms with Crippen LogP contribution in [0.4, 0.5) is 0 Å². The molecule has 2 aromatic carbocycles. The van der Waals surface area contributed by atoms with Gasteiger partial charge in [-0.3, -0.25) is 4.79 Å². The molecule has 1 atom stereocenters. The number of benzene rings is 2. The molecule has 9 heteroatoms. The van der Waals surface area contributed by atoms with Crippen LogP contribution in [0.5, 0.6) is 23.0 Å². The summed E-state index contributed by atoms with van der Waals surface area (Å²) in [6, 6.07) is 11.1. The van der Waals surface area contributed by atoms with Crippen LogP contribution in [0.15, 0.2) is 42.5 Å². The maximum Gasteiger partial charge on any atom is 0.252 e. The Kier molecular flexibility index (Phi) is 9.03. The van der Waals surface area contributed by atoms with E-state index in [1.807, 2.05) is 0 Å². The Balaban J connectivity index is 1.62. The van der Waals surface area contributed by atoms with Crippen LogP contribution in [-0.2, 0) is 0 Å². The highest BCUT2D eigenvalue weighted by Gasteiger charge is 2.09. The minimum absolute atomic E-state index is 0.00368. The van der Waals surface area contributed by atoms with Crippen molar-refractivity contribution in [1.82, 2.24) is 5.32 Å². The molecule has 1 amide bonds. The highest BCUT2D eigenvalue weighted by Crippen LogP contribution is 2.22. The molecule has 0 radical (unpaired) electrons. The van der Waals surface area contributed by atoms with Crippen LogP contribution in [0.2, 0.25) is 0 Å². The molecule has 158 valence electrons. The summed E-state index contributed by atoms with van der Waals surface area (Å²) in [6.45, 7) is 1.36. The van der Waals surface area contributed by atoms with E-state index in [0.717, 1.165) is 0 Å². The Morgan fingerprint density at radius 2 is 1.62 bits per heavy atom. The Morgan fingerprint density at radius 3 is 2.28 bits per heavy atom. The van der Waals surface area contributed by atoms with Gasteiger partial charge in [-0.25, -0.2) is 0 Å². The highest BCUT2D eigenvalue weighted by molar-refractivity contribution is 5.95. The zero-order valence-corrected chi connectivity index (χ0v) is 15.9. The van der Waals surface area contributed by atoms with Crippen LogP contribution in [-0.4, -0.2) is 66.8 Å². The molecule has 0 bridgehead atoms. The van der Waals surface area contributed by atoms with Crippen LogP contribution in [0.25, 0.3) is 0 Å².